The number of hydrogen-bond donors (Lipinski definition) is 0. The van der Waals surface area contributed by atoms with Crippen molar-refractivity contribution >= 4 is 21.8 Å². The van der Waals surface area contributed by atoms with Gasteiger partial charge < -0.3 is 4.57 Å². The average Bonchev–Trinajstić information content (AvgIpc) is 3.39. The van der Waals surface area contributed by atoms with E-state index in [9.17, 15) is 10.5 Å². The Balaban J connectivity index is 1.50. The summed E-state index contributed by atoms with van der Waals surface area (Å²) in [4.78, 5) is 14.3. The third-order valence-corrected chi connectivity index (χ3v) is 7.13. The summed E-state index contributed by atoms with van der Waals surface area (Å²) in [6.45, 7) is 0. The highest BCUT2D eigenvalue weighted by atomic mass is 15.0. The minimum Gasteiger partial charge on any atom is -0.309 e. The molecule has 0 saturated carbocycles. The number of rotatable bonds is 4. The topological polar surface area (TPSA) is 91.2 Å². The predicted octanol–water partition coefficient (Wildman–Crippen LogP) is 7.71. The summed E-state index contributed by atoms with van der Waals surface area (Å²) in [5.74, 6) is 1.21. The van der Waals surface area contributed by atoms with Crippen molar-refractivity contribution in [1.29, 1.82) is 10.5 Å². The fourth-order valence-corrected chi connectivity index (χ4v) is 5.29. The molecule has 6 nitrogen and oxygen atoms in total. The number of para-hydroxylation sites is 2. The van der Waals surface area contributed by atoms with E-state index >= 15 is 0 Å². The molecular formula is C35H20N6. The summed E-state index contributed by atoms with van der Waals surface area (Å²) in [7, 11) is 0. The van der Waals surface area contributed by atoms with E-state index in [-0.39, 0.29) is 5.82 Å². The molecule has 0 bridgehead atoms. The number of aromatic nitrogens is 4. The minimum atomic E-state index is 0.277. The van der Waals surface area contributed by atoms with Crippen molar-refractivity contribution in [2.24, 2.45) is 0 Å². The van der Waals surface area contributed by atoms with Crippen LogP contribution in [0.3, 0.4) is 0 Å². The molecule has 5 aromatic carbocycles. The lowest BCUT2D eigenvalue weighted by atomic mass is 9.99. The molecule has 6 heteroatoms. The molecule has 0 amide bonds. The molecule has 2 heterocycles. The first-order valence-corrected chi connectivity index (χ1v) is 13.1. The van der Waals surface area contributed by atoms with Gasteiger partial charge in [-0.15, -0.1) is 0 Å². The Bertz CT molecular complexity index is 2020. The summed E-state index contributed by atoms with van der Waals surface area (Å²) >= 11 is 0. The third-order valence-electron chi connectivity index (χ3n) is 7.13. The molecule has 0 saturated heterocycles. The highest BCUT2D eigenvalue weighted by Crippen LogP contribution is 2.35. The van der Waals surface area contributed by atoms with E-state index < -0.39 is 0 Å². The average molecular weight is 525 g/mol. The Morgan fingerprint density at radius 3 is 1.37 bits per heavy atom. The molecule has 7 rings (SSSR count). The fraction of sp³-hybridized carbons (Fsp3) is 0. The van der Waals surface area contributed by atoms with Gasteiger partial charge in [0, 0.05) is 27.6 Å². The molecule has 2 aromatic heterocycles. The SMILES string of the molecule is N#Cc1cc(-n2c3ccccc3c3ccccc32)cc(C#N)c1-c1nc(-c2ccccc2)nc(-c2ccccc2)n1. The maximum absolute atomic E-state index is 10.4. The van der Waals surface area contributed by atoms with Crippen LogP contribution in [0.15, 0.2) is 121 Å². The van der Waals surface area contributed by atoms with Crippen LogP contribution in [0.1, 0.15) is 11.1 Å². The standard InChI is InChI=1S/C35H20N6/c36-21-25-19-27(41-30-17-9-7-15-28(30)29-16-8-10-18-31(29)41)20-26(22-37)32(25)35-39-33(23-11-3-1-4-12-23)38-34(40-35)24-13-5-2-6-14-24/h1-20H. The summed E-state index contributed by atoms with van der Waals surface area (Å²) < 4.78 is 2.09. The van der Waals surface area contributed by atoms with Crippen molar-refractivity contribution in [3.8, 4) is 52.0 Å². The van der Waals surface area contributed by atoms with Crippen LogP contribution in [0, 0.1) is 22.7 Å². The maximum Gasteiger partial charge on any atom is 0.166 e. The van der Waals surface area contributed by atoms with Crippen LogP contribution in [0.25, 0.3) is 61.7 Å². The van der Waals surface area contributed by atoms with Crippen LogP contribution in [0.4, 0.5) is 0 Å². The quantitative estimate of drug-likeness (QED) is 0.235. The number of benzene rings is 5. The summed E-state index contributed by atoms with van der Waals surface area (Å²) in [5, 5.41) is 23.0. The molecule has 7 aromatic rings. The van der Waals surface area contributed by atoms with Gasteiger partial charge in [-0.25, -0.2) is 15.0 Å². The number of fused-ring (bicyclic) bond motifs is 3. The first-order valence-electron chi connectivity index (χ1n) is 13.1. The van der Waals surface area contributed by atoms with E-state index in [2.05, 4.69) is 28.8 Å². The van der Waals surface area contributed by atoms with Crippen LogP contribution in [0.2, 0.25) is 0 Å². The van der Waals surface area contributed by atoms with Crippen molar-refractivity contribution in [3.63, 3.8) is 0 Å². The molecule has 0 atom stereocenters. The second-order valence-electron chi connectivity index (χ2n) is 9.55. The largest absolute Gasteiger partial charge is 0.309 e. The Kier molecular flexibility index (Phi) is 5.78. The molecule has 190 valence electrons. The first-order chi connectivity index (χ1) is 20.2. The summed E-state index contributed by atoms with van der Waals surface area (Å²) in [6, 6.07) is 43.8. The van der Waals surface area contributed by atoms with E-state index in [0.29, 0.717) is 28.3 Å². The normalized spacial score (nSPS) is 10.9. The Morgan fingerprint density at radius 1 is 0.488 bits per heavy atom. The smallest absolute Gasteiger partial charge is 0.166 e. The monoisotopic (exact) mass is 524 g/mol. The zero-order valence-electron chi connectivity index (χ0n) is 21.7. The molecule has 41 heavy (non-hydrogen) atoms. The van der Waals surface area contributed by atoms with Crippen LogP contribution < -0.4 is 0 Å². The van der Waals surface area contributed by atoms with E-state index in [1.165, 1.54) is 0 Å². The van der Waals surface area contributed by atoms with Gasteiger partial charge in [0.05, 0.1) is 27.7 Å². The van der Waals surface area contributed by atoms with E-state index in [4.69, 9.17) is 15.0 Å². The summed E-state index contributed by atoms with van der Waals surface area (Å²) in [6.07, 6.45) is 0. The highest BCUT2D eigenvalue weighted by molar-refractivity contribution is 6.09. The predicted molar refractivity (Wildman–Crippen MR) is 160 cm³/mol. The third kappa shape index (κ3) is 4.08. The van der Waals surface area contributed by atoms with Gasteiger partial charge in [-0.3, -0.25) is 0 Å². The Labute approximate surface area is 236 Å². The van der Waals surface area contributed by atoms with E-state index in [1.807, 2.05) is 109 Å². The molecule has 0 N–H and O–H groups in total. The van der Waals surface area contributed by atoms with Gasteiger partial charge in [0.2, 0.25) is 0 Å². The lowest BCUT2D eigenvalue weighted by molar-refractivity contribution is 1.07. The maximum atomic E-state index is 10.4. The van der Waals surface area contributed by atoms with Gasteiger partial charge in [-0.1, -0.05) is 97.1 Å². The minimum absolute atomic E-state index is 0.277. The fourth-order valence-electron chi connectivity index (χ4n) is 5.29. The second kappa shape index (κ2) is 9.89. The van der Waals surface area contributed by atoms with Gasteiger partial charge in [0.25, 0.3) is 0 Å². The van der Waals surface area contributed by atoms with E-state index in [0.717, 1.165) is 38.6 Å². The Morgan fingerprint density at radius 2 is 0.902 bits per heavy atom. The van der Waals surface area contributed by atoms with Crippen LogP contribution in [-0.2, 0) is 0 Å². The molecule has 0 unspecified atom stereocenters. The zero-order chi connectivity index (χ0) is 27.8. The van der Waals surface area contributed by atoms with Crippen molar-refractivity contribution in [2.75, 3.05) is 0 Å². The van der Waals surface area contributed by atoms with Gasteiger partial charge in [0.15, 0.2) is 17.5 Å². The Hall–Kier alpha value is -6.11. The molecular weight excluding hydrogens is 504 g/mol. The van der Waals surface area contributed by atoms with Crippen molar-refractivity contribution < 1.29 is 0 Å². The van der Waals surface area contributed by atoms with Crippen molar-refractivity contribution in [2.45, 2.75) is 0 Å². The molecule has 0 aliphatic heterocycles. The lowest BCUT2D eigenvalue weighted by Crippen LogP contribution is -2.04. The van der Waals surface area contributed by atoms with Gasteiger partial charge in [-0.05, 0) is 24.3 Å². The number of hydrogen-bond acceptors (Lipinski definition) is 5. The highest BCUT2D eigenvalue weighted by Gasteiger charge is 2.21. The van der Waals surface area contributed by atoms with Crippen LogP contribution in [-0.4, -0.2) is 19.5 Å². The molecule has 0 aliphatic carbocycles. The van der Waals surface area contributed by atoms with Crippen LogP contribution >= 0.6 is 0 Å². The molecule has 0 fully saturated rings. The van der Waals surface area contributed by atoms with Gasteiger partial charge in [-0.2, -0.15) is 10.5 Å². The zero-order valence-corrected chi connectivity index (χ0v) is 21.7. The molecule has 0 aliphatic rings. The summed E-state index contributed by atoms with van der Waals surface area (Å²) in [5.41, 5.74) is 5.34. The van der Waals surface area contributed by atoms with Crippen LogP contribution in [0.5, 0.6) is 0 Å². The van der Waals surface area contributed by atoms with Gasteiger partial charge >= 0.3 is 0 Å². The van der Waals surface area contributed by atoms with E-state index in [1.54, 1.807) is 0 Å². The lowest BCUT2D eigenvalue weighted by Gasteiger charge is -2.14. The number of nitriles is 2. The van der Waals surface area contributed by atoms with Gasteiger partial charge in [0.1, 0.15) is 12.1 Å². The molecule has 0 spiro atoms. The second-order valence-corrected chi connectivity index (χ2v) is 9.55. The molecule has 0 radical (unpaired) electrons. The van der Waals surface area contributed by atoms with Crippen molar-refractivity contribution in [3.05, 3.63) is 132 Å². The van der Waals surface area contributed by atoms with Crippen molar-refractivity contribution in [1.82, 2.24) is 19.5 Å². The number of nitrogens with zero attached hydrogens (tertiary/aromatic N) is 6. The first kappa shape index (κ1) is 24.0.